The van der Waals surface area contributed by atoms with Gasteiger partial charge < -0.3 is 5.32 Å². The lowest BCUT2D eigenvalue weighted by molar-refractivity contribution is 0.576. The number of hydrogen-bond acceptors (Lipinski definition) is 2. The molecule has 0 radical (unpaired) electrons. The van der Waals surface area contributed by atoms with Crippen LogP contribution in [0.25, 0.3) is 0 Å². The summed E-state index contributed by atoms with van der Waals surface area (Å²) in [6.45, 7) is 2.78. The van der Waals surface area contributed by atoms with Crippen LogP contribution in [0.3, 0.4) is 0 Å². The molecule has 1 atom stereocenters. The average molecular weight is 314 g/mol. The summed E-state index contributed by atoms with van der Waals surface area (Å²) in [6, 6.07) is 9.06. The van der Waals surface area contributed by atoms with Gasteiger partial charge in [0.15, 0.2) is 0 Å². The highest BCUT2D eigenvalue weighted by Crippen LogP contribution is 2.25. The molecule has 1 N–H and O–H groups in total. The van der Waals surface area contributed by atoms with Crippen LogP contribution in [-0.4, -0.2) is 0 Å². The molecule has 0 bridgehead atoms. The van der Waals surface area contributed by atoms with Gasteiger partial charge in [-0.15, -0.1) is 11.3 Å². The third-order valence-corrected chi connectivity index (χ3v) is 4.39. The van der Waals surface area contributed by atoms with Crippen molar-refractivity contribution in [3.63, 3.8) is 0 Å². The lowest BCUT2D eigenvalue weighted by Crippen LogP contribution is -2.17. The Hall–Kier alpha value is -0.710. The van der Waals surface area contributed by atoms with Crippen LogP contribution in [0.2, 0.25) is 0 Å². The Morgan fingerprint density at radius 1 is 1.41 bits per heavy atom. The third-order valence-electron chi connectivity index (χ3n) is 2.52. The predicted octanol–water partition coefficient (Wildman–Crippen LogP) is 4.50. The van der Waals surface area contributed by atoms with E-state index in [1.165, 1.54) is 10.9 Å². The average Bonchev–Trinajstić information content (AvgIpc) is 2.73. The Morgan fingerprint density at radius 3 is 2.88 bits per heavy atom. The topological polar surface area (TPSA) is 12.0 Å². The highest BCUT2D eigenvalue weighted by atomic mass is 79.9. The fourth-order valence-corrected chi connectivity index (χ4v) is 3.05. The molecular formula is C13H13BrFNS. The highest BCUT2D eigenvalue weighted by Gasteiger charge is 2.07. The molecule has 17 heavy (non-hydrogen) atoms. The summed E-state index contributed by atoms with van der Waals surface area (Å²) < 4.78 is 14.1. The van der Waals surface area contributed by atoms with Crippen LogP contribution in [0, 0.1) is 5.82 Å². The van der Waals surface area contributed by atoms with Gasteiger partial charge in [0.1, 0.15) is 5.82 Å². The smallest absolute Gasteiger partial charge is 0.123 e. The molecule has 90 valence electrons. The maximum Gasteiger partial charge on any atom is 0.123 e. The second-order valence-corrected chi connectivity index (χ2v) is 5.76. The van der Waals surface area contributed by atoms with E-state index in [0.29, 0.717) is 6.54 Å². The van der Waals surface area contributed by atoms with Crippen molar-refractivity contribution >= 4 is 27.3 Å². The molecule has 2 aromatic rings. The van der Waals surface area contributed by atoms with Crippen molar-refractivity contribution in [3.8, 4) is 0 Å². The first-order valence-electron chi connectivity index (χ1n) is 5.37. The number of thiophene rings is 1. The van der Waals surface area contributed by atoms with Crippen LogP contribution in [0.15, 0.2) is 40.2 Å². The van der Waals surface area contributed by atoms with Crippen molar-refractivity contribution in [2.45, 2.75) is 19.5 Å². The molecule has 0 amide bonds. The van der Waals surface area contributed by atoms with Gasteiger partial charge in [-0.2, -0.15) is 0 Å². The summed E-state index contributed by atoms with van der Waals surface area (Å²) in [6.07, 6.45) is 0. The Labute approximate surface area is 113 Å². The second-order valence-electron chi connectivity index (χ2n) is 3.90. The van der Waals surface area contributed by atoms with Gasteiger partial charge in [-0.1, -0.05) is 12.1 Å². The first kappa shape index (κ1) is 12.7. The minimum absolute atomic E-state index is 0.184. The molecular weight excluding hydrogens is 301 g/mol. The SMILES string of the molecule is CC(NCc1cccc(F)c1)c1cc(Br)cs1. The van der Waals surface area contributed by atoms with E-state index in [1.54, 1.807) is 23.5 Å². The van der Waals surface area contributed by atoms with E-state index in [2.05, 4.69) is 39.6 Å². The number of halogens is 2. The Balaban J connectivity index is 1.94. The Kier molecular flexibility index (Phi) is 4.31. The zero-order valence-electron chi connectivity index (χ0n) is 9.41. The third kappa shape index (κ3) is 3.63. The van der Waals surface area contributed by atoms with E-state index in [9.17, 15) is 4.39 Å². The van der Waals surface area contributed by atoms with Gasteiger partial charge in [-0.05, 0) is 46.6 Å². The summed E-state index contributed by atoms with van der Waals surface area (Å²) in [5, 5.41) is 5.44. The molecule has 0 spiro atoms. The first-order valence-corrected chi connectivity index (χ1v) is 7.04. The fourth-order valence-electron chi connectivity index (χ4n) is 1.57. The van der Waals surface area contributed by atoms with E-state index in [1.807, 2.05) is 6.07 Å². The van der Waals surface area contributed by atoms with Crippen LogP contribution >= 0.6 is 27.3 Å². The zero-order valence-corrected chi connectivity index (χ0v) is 11.8. The molecule has 0 aliphatic rings. The maximum absolute atomic E-state index is 13.0. The van der Waals surface area contributed by atoms with Gasteiger partial charge >= 0.3 is 0 Å². The molecule has 1 heterocycles. The molecule has 1 aromatic heterocycles. The van der Waals surface area contributed by atoms with E-state index in [4.69, 9.17) is 0 Å². The van der Waals surface area contributed by atoms with Gasteiger partial charge in [0.25, 0.3) is 0 Å². The molecule has 0 fully saturated rings. The Morgan fingerprint density at radius 2 is 2.24 bits per heavy atom. The number of benzene rings is 1. The van der Waals surface area contributed by atoms with Crippen LogP contribution in [0.5, 0.6) is 0 Å². The van der Waals surface area contributed by atoms with Crippen molar-refractivity contribution in [2.24, 2.45) is 0 Å². The zero-order chi connectivity index (χ0) is 12.3. The second kappa shape index (κ2) is 5.76. The largest absolute Gasteiger partial charge is 0.305 e. The van der Waals surface area contributed by atoms with Crippen molar-refractivity contribution in [3.05, 3.63) is 56.4 Å². The standard InChI is InChI=1S/C13H13BrFNS/c1-9(13-6-11(14)8-17-13)16-7-10-3-2-4-12(15)5-10/h2-6,8-9,16H,7H2,1H3. The summed E-state index contributed by atoms with van der Waals surface area (Å²) in [7, 11) is 0. The van der Waals surface area contributed by atoms with Crippen molar-refractivity contribution in [1.82, 2.24) is 5.32 Å². The molecule has 0 saturated carbocycles. The monoisotopic (exact) mass is 313 g/mol. The number of hydrogen-bond donors (Lipinski definition) is 1. The van der Waals surface area contributed by atoms with Crippen LogP contribution in [0.1, 0.15) is 23.4 Å². The van der Waals surface area contributed by atoms with Crippen molar-refractivity contribution < 1.29 is 4.39 Å². The normalized spacial score (nSPS) is 12.6. The van der Waals surface area contributed by atoms with E-state index < -0.39 is 0 Å². The Bertz CT molecular complexity index is 498. The molecule has 0 saturated heterocycles. The van der Waals surface area contributed by atoms with Gasteiger partial charge in [0.05, 0.1) is 0 Å². The summed E-state index contributed by atoms with van der Waals surface area (Å²) >= 11 is 5.15. The predicted molar refractivity (Wildman–Crippen MR) is 73.7 cm³/mol. The van der Waals surface area contributed by atoms with E-state index >= 15 is 0 Å². The lowest BCUT2D eigenvalue weighted by Gasteiger charge is -2.12. The fraction of sp³-hybridized carbons (Fsp3) is 0.231. The van der Waals surface area contributed by atoms with Gasteiger partial charge in [-0.3, -0.25) is 0 Å². The van der Waals surface area contributed by atoms with Gasteiger partial charge in [0, 0.05) is 27.3 Å². The summed E-state index contributed by atoms with van der Waals surface area (Å²) in [5.74, 6) is -0.184. The summed E-state index contributed by atoms with van der Waals surface area (Å²) in [5.41, 5.74) is 0.965. The van der Waals surface area contributed by atoms with Crippen LogP contribution in [0.4, 0.5) is 4.39 Å². The lowest BCUT2D eigenvalue weighted by atomic mass is 10.2. The van der Waals surface area contributed by atoms with Crippen LogP contribution < -0.4 is 5.32 Å². The molecule has 4 heteroatoms. The minimum atomic E-state index is -0.184. The number of rotatable bonds is 4. The van der Waals surface area contributed by atoms with Crippen molar-refractivity contribution in [2.75, 3.05) is 0 Å². The highest BCUT2D eigenvalue weighted by molar-refractivity contribution is 9.10. The molecule has 1 aromatic carbocycles. The van der Waals surface area contributed by atoms with E-state index in [0.717, 1.165) is 10.0 Å². The molecule has 1 nitrogen and oxygen atoms in total. The van der Waals surface area contributed by atoms with Gasteiger partial charge in [0.2, 0.25) is 0 Å². The molecule has 2 rings (SSSR count). The number of nitrogens with one attached hydrogen (secondary N) is 1. The first-order chi connectivity index (χ1) is 8.15. The van der Waals surface area contributed by atoms with Gasteiger partial charge in [-0.25, -0.2) is 4.39 Å². The minimum Gasteiger partial charge on any atom is -0.305 e. The quantitative estimate of drug-likeness (QED) is 0.876. The molecule has 0 aliphatic heterocycles. The van der Waals surface area contributed by atoms with Crippen LogP contribution in [-0.2, 0) is 6.54 Å². The van der Waals surface area contributed by atoms with Crippen molar-refractivity contribution in [1.29, 1.82) is 0 Å². The molecule has 1 unspecified atom stereocenters. The summed E-state index contributed by atoms with van der Waals surface area (Å²) in [4.78, 5) is 1.27. The molecule has 0 aliphatic carbocycles. The van der Waals surface area contributed by atoms with E-state index in [-0.39, 0.29) is 11.9 Å². The maximum atomic E-state index is 13.0.